The van der Waals surface area contributed by atoms with Gasteiger partial charge in [-0.05, 0) is 42.8 Å². The van der Waals surface area contributed by atoms with Crippen molar-refractivity contribution >= 4 is 17.5 Å². The van der Waals surface area contributed by atoms with Gasteiger partial charge in [0.25, 0.3) is 0 Å². The molecule has 0 bridgehead atoms. The van der Waals surface area contributed by atoms with Gasteiger partial charge in [-0.25, -0.2) is 4.98 Å². The van der Waals surface area contributed by atoms with Crippen molar-refractivity contribution < 1.29 is 4.74 Å². The fourth-order valence-corrected chi connectivity index (χ4v) is 2.18. The van der Waals surface area contributed by atoms with Crippen LogP contribution >= 0.6 is 0 Å². The molecular weight excluding hydrogens is 302 g/mol. The molecule has 0 unspecified atom stereocenters. The number of nitrogens with zero attached hydrogens (tertiary/aromatic N) is 3. The zero-order valence-corrected chi connectivity index (χ0v) is 13.4. The first-order valence-corrected chi connectivity index (χ1v) is 7.80. The van der Waals surface area contributed by atoms with Crippen molar-refractivity contribution in [1.29, 1.82) is 0 Å². The highest BCUT2D eigenvalue weighted by Gasteiger charge is 2.05. The second kappa shape index (κ2) is 7.92. The normalized spacial score (nSPS) is 10.2. The molecule has 2 heterocycles. The van der Waals surface area contributed by atoms with Crippen molar-refractivity contribution in [1.82, 2.24) is 15.0 Å². The van der Waals surface area contributed by atoms with Gasteiger partial charge < -0.3 is 15.4 Å². The number of rotatable bonds is 7. The molecule has 2 aromatic heterocycles. The molecule has 3 aromatic rings. The third kappa shape index (κ3) is 4.19. The van der Waals surface area contributed by atoms with E-state index in [0.29, 0.717) is 19.1 Å². The summed E-state index contributed by atoms with van der Waals surface area (Å²) in [7, 11) is 0. The van der Waals surface area contributed by atoms with Gasteiger partial charge in [0.15, 0.2) is 0 Å². The monoisotopic (exact) mass is 321 g/mol. The molecule has 0 saturated carbocycles. The second-order valence-electron chi connectivity index (χ2n) is 5.03. The van der Waals surface area contributed by atoms with E-state index in [4.69, 9.17) is 4.74 Å². The molecule has 0 amide bonds. The Morgan fingerprint density at radius 3 is 2.67 bits per heavy atom. The molecule has 122 valence electrons. The van der Waals surface area contributed by atoms with Crippen LogP contribution < -0.4 is 15.4 Å². The van der Waals surface area contributed by atoms with Crippen LogP contribution in [0, 0.1) is 0 Å². The summed E-state index contributed by atoms with van der Waals surface area (Å²) in [6.07, 6.45) is 5.26. The molecule has 2 N–H and O–H groups in total. The number of para-hydroxylation sites is 2. The lowest BCUT2D eigenvalue weighted by Gasteiger charge is -2.12. The van der Waals surface area contributed by atoms with Crippen molar-refractivity contribution in [3.8, 4) is 5.75 Å². The number of hydrogen-bond acceptors (Lipinski definition) is 6. The summed E-state index contributed by atoms with van der Waals surface area (Å²) in [5.41, 5.74) is 1.98. The zero-order chi connectivity index (χ0) is 16.6. The molecule has 0 saturated heterocycles. The van der Waals surface area contributed by atoms with E-state index in [1.165, 1.54) is 0 Å². The number of ether oxygens (including phenoxy) is 1. The zero-order valence-electron chi connectivity index (χ0n) is 13.4. The Labute approximate surface area is 141 Å². The summed E-state index contributed by atoms with van der Waals surface area (Å²) in [6.45, 7) is 3.23. The van der Waals surface area contributed by atoms with E-state index in [0.717, 1.165) is 22.8 Å². The third-order valence-corrected chi connectivity index (χ3v) is 3.31. The van der Waals surface area contributed by atoms with Crippen LogP contribution in [0.1, 0.15) is 12.5 Å². The van der Waals surface area contributed by atoms with Crippen LogP contribution in [0.4, 0.5) is 17.5 Å². The van der Waals surface area contributed by atoms with Crippen molar-refractivity contribution in [3.05, 3.63) is 66.6 Å². The van der Waals surface area contributed by atoms with Gasteiger partial charge >= 0.3 is 0 Å². The summed E-state index contributed by atoms with van der Waals surface area (Å²) in [5, 5.41) is 6.48. The molecule has 0 aliphatic heterocycles. The maximum atomic E-state index is 5.61. The summed E-state index contributed by atoms with van der Waals surface area (Å²) in [6, 6.07) is 13.5. The Balaban J connectivity index is 1.69. The van der Waals surface area contributed by atoms with E-state index in [1.807, 2.05) is 49.4 Å². The molecule has 6 nitrogen and oxygen atoms in total. The molecule has 3 rings (SSSR count). The fourth-order valence-electron chi connectivity index (χ4n) is 2.18. The molecule has 0 fully saturated rings. The molecular formula is C18H19N5O. The minimum atomic E-state index is 0.516. The standard InChI is InChI=1S/C18H19N5O/c1-2-24-16-6-4-3-5-15(16)22-18-20-12-9-17(23-18)21-13-14-7-10-19-11-8-14/h3-12H,2,13H2,1H3,(H2,20,21,22,23). The van der Waals surface area contributed by atoms with Crippen LogP contribution in [0.25, 0.3) is 0 Å². The van der Waals surface area contributed by atoms with E-state index in [-0.39, 0.29) is 0 Å². The highest BCUT2D eigenvalue weighted by atomic mass is 16.5. The van der Waals surface area contributed by atoms with Crippen molar-refractivity contribution in [2.75, 3.05) is 17.2 Å². The highest BCUT2D eigenvalue weighted by Crippen LogP contribution is 2.26. The molecule has 24 heavy (non-hydrogen) atoms. The minimum Gasteiger partial charge on any atom is -0.492 e. The van der Waals surface area contributed by atoms with Crippen molar-refractivity contribution in [2.45, 2.75) is 13.5 Å². The smallest absolute Gasteiger partial charge is 0.229 e. The summed E-state index contributed by atoms with van der Waals surface area (Å²) < 4.78 is 5.61. The molecule has 0 aliphatic rings. The quantitative estimate of drug-likeness (QED) is 0.692. The summed E-state index contributed by atoms with van der Waals surface area (Å²) in [5.74, 6) is 2.04. The van der Waals surface area contributed by atoms with Gasteiger partial charge in [0.05, 0.1) is 12.3 Å². The maximum absolute atomic E-state index is 5.61. The topological polar surface area (TPSA) is 72.0 Å². The predicted octanol–water partition coefficient (Wildman–Crippen LogP) is 3.63. The summed E-state index contributed by atoms with van der Waals surface area (Å²) in [4.78, 5) is 12.8. The van der Waals surface area contributed by atoms with E-state index in [9.17, 15) is 0 Å². The largest absolute Gasteiger partial charge is 0.492 e. The minimum absolute atomic E-state index is 0.516. The first kappa shape index (κ1) is 15.7. The SMILES string of the molecule is CCOc1ccccc1Nc1nccc(NCc2ccncc2)n1. The predicted molar refractivity (Wildman–Crippen MR) is 94.5 cm³/mol. The molecule has 0 radical (unpaired) electrons. The number of benzene rings is 1. The van der Waals surface area contributed by atoms with Crippen LogP contribution in [-0.4, -0.2) is 21.6 Å². The third-order valence-electron chi connectivity index (χ3n) is 3.31. The lowest BCUT2D eigenvalue weighted by Crippen LogP contribution is -2.05. The van der Waals surface area contributed by atoms with Gasteiger partial charge in [-0.3, -0.25) is 4.98 Å². The molecule has 0 spiro atoms. The maximum Gasteiger partial charge on any atom is 0.229 e. The Bertz CT molecular complexity index is 779. The lowest BCUT2D eigenvalue weighted by atomic mass is 10.3. The molecule has 6 heteroatoms. The van der Waals surface area contributed by atoms with E-state index < -0.39 is 0 Å². The highest BCUT2D eigenvalue weighted by molar-refractivity contribution is 5.62. The van der Waals surface area contributed by atoms with Gasteiger partial charge in [0.1, 0.15) is 11.6 Å². The summed E-state index contributed by atoms with van der Waals surface area (Å²) >= 11 is 0. The fraction of sp³-hybridized carbons (Fsp3) is 0.167. The van der Waals surface area contributed by atoms with E-state index in [1.54, 1.807) is 18.6 Å². The average Bonchev–Trinajstić information content (AvgIpc) is 2.63. The van der Waals surface area contributed by atoms with Crippen LogP contribution in [0.5, 0.6) is 5.75 Å². The number of nitrogens with one attached hydrogen (secondary N) is 2. The van der Waals surface area contributed by atoms with E-state index >= 15 is 0 Å². The van der Waals surface area contributed by atoms with E-state index in [2.05, 4.69) is 25.6 Å². The van der Waals surface area contributed by atoms with Crippen LogP contribution in [-0.2, 0) is 6.54 Å². The molecule has 1 aromatic carbocycles. The Morgan fingerprint density at radius 1 is 1.00 bits per heavy atom. The van der Waals surface area contributed by atoms with Gasteiger partial charge in [-0.15, -0.1) is 0 Å². The first-order chi connectivity index (χ1) is 11.8. The number of pyridine rings is 1. The number of aromatic nitrogens is 3. The van der Waals surface area contributed by atoms with Crippen molar-refractivity contribution in [3.63, 3.8) is 0 Å². The second-order valence-corrected chi connectivity index (χ2v) is 5.03. The van der Waals surface area contributed by atoms with Crippen LogP contribution in [0.2, 0.25) is 0 Å². The van der Waals surface area contributed by atoms with Gasteiger partial charge in [0.2, 0.25) is 5.95 Å². The Kier molecular flexibility index (Phi) is 5.19. The first-order valence-electron chi connectivity index (χ1n) is 7.80. The van der Waals surface area contributed by atoms with Gasteiger partial charge in [-0.2, -0.15) is 4.98 Å². The van der Waals surface area contributed by atoms with Crippen molar-refractivity contribution in [2.24, 2.45) is 0 Å². The number of hydrogen-bond donors (Lipinski definition) is 2. The lowest BCUT2D eigenvalue weighted by molar-refractivity contribution is 0.342. The Hall–Kier alpha value is -3.15. The van der Waals surface area contributed by atoms with Gasteiger partial charge in [-0.1, -0.05) is 12.1 Å². The van der Waals surface area contributed by atoms with Crippen LogP contribution in [0.3, 0.4) is 0 Å². The van der Waals surface area contributed by atoms with Crippen LogP contribution in [0.15, 0.2) is 61.1 Å². The number of anilines is 3. The average molecular weight is 321 g/mol. The van der Waals surface area contributed by atoms with Gasteiger partial charge in [0, 0.05) is 25.1 Å². The molecule has 0 atom stereocenters. The Morgan fingerprint density at radius 2 is 1.83 bits per heavy atom. The molecule has 0 aliphatic carbocycles.